The molecule has 0 spiro atoms. The molecule has 0 aromatic heterocycles. The molecule has 1 heterocycles. The number of anilines is 2. The van der Waals surface area contributed by atoms with Gasteiger partial charge >= 0.3 is 12.4 Å². The molecule has 0 saturated carbocycles. The number of rotatable bonds is 5. The Bertz CT molecular complexity index is 907. The highest BCUT2D eigenvalue weighted by Gasteiger charge is 2.32. The van der Waals surface area contributed by atoms with E-state index < -0.39 is 36.0 Å². The smallest absolute Gasteiger partial charge is 0.416 e. The lowest BCUT2D eigenvalue weighted by molar-refractivity contribution is -0.138. The van der Waals surface area contributed by atoms with Gasteiger partial charge in [-0.1, -0.05) is 0 Å². The molecule has 1 aliphatic heterocycles. The molecule has 0 radical (unpaired) electrons. The number of carbonyl (C=O) groups excluding carboxylic acids is 1. The van der Waals surface area contributed by atoms with Crippen LogP contribution in [0.5, 0.6) is 5.75 Å². The lowest BCUT2D eigenvalue weighted by atomic mass is 10.1. The van der Waals surface area contributed by atoms with Crippen LogP contribution in [0.1, 0.15) is 11.1 Å². The van der Waals surface area contributed by atoms with E-state index in [1.807, 2.05) is 0 Å². The Morgan fingerprint density at radius 2 is 1.52 bits per heavy atom. The lowest BCUT2D eigenvalue weighted by Gasteiger charge is -2.31. The average molecular weight is 448 g/mol. The number of benzene rings is 2. The van der Waals surface area contributed by atoms with Gasteiger partial charge in [0.1, 0.15) is 5.75 Å². The van der Waals surface area contributed by atoms with Gasteiger partial charge in [-0.3, -0.25) is 4.79 Å². The van der Waals surface area contributed by atoms with Gasteiger partial charge in [-0.25, -0.2) is 0 Å². The van der Waals surface area contributed by atoms with Crippen LogP contribution < -0.4 is 15.0 Å². The Balaban J connectivity index is 1.71. The van der Waals surface area contributed by atoms with E-state index in [2.05, 4.69) is 5.32 Å². The van der Waals surface area contributed by atoms with E-state index in [0.717, 1.165) is 36.4 Å². The third-order valence-electron chi connectivity index (χ3n) is 4.50. The third-order valence-corrected chi connectivity index (χ3v) is 4.50. The maximum Gasteiger partial charge on any atom is 0.416 e. The summed E-state index contributed by atoms with van der Waals surface area (Å²) in [5, 5.41) is 2.40. The van der Waals surface area contributed by atoms with Crippen molar-refractivity contribution in [3.05, 3.63) is 53.6 Å². The van der Waals surface area contributed by atoms with E-state index in [9.17, 15) is 31.1 Å². The third kappa shape index (κ3) is 6.03. The number of carbonyl (C=O) groups is 1. The van der Waals surface area contributed by atoms with Crippen molar-refractivity contribution in [2.45, 2.75) is 12.4 Å². The zero-order valence-electron chi connectivity index (χ0n) is 16.0. The minimum Gasteiger partial charge on any atom is -0.484 e. The molecule has 0 bridgehead atoms. The number of nitrogens with one attached hydrogen (secondary N) is 1. The molecule has 1 aliphatic rings. The predicted octanol–water partition coefficient (Wildman–Crippen LogP) is 4.58. The Kier molecular flexibility index (Phi) is 6.63. The van der Waals surface area contributed by atoms with Crippen molar-refractivity contribution in [2.75, 3.05) is 43.1 Å². The van der Waals surface area contributed by atoms with Gasteiger partial charge in [-0.2, -0.15) is 26.3 Å². The van der Waals surface area contributed by atoms with Crippen molar-refractivity contribution in [1.29, 1.82) is 0 Å². The maximum absolute atomic E-state index is 13.1. The number of alkyl halides is 6. The second-order valence-corrected chi connectivity index (χ2v) is 6.69. The highest BCUT2D eigenvalue weighted by molar-refractivity contribution is 5.95. The van der Waals surface area contributed by atoms with Gasteiger partial charge in [0, 0.05) is 13.1 Å². The minimum absolute atomic E-state index is 0.0144. The summed E-state index contributed by atoms with van der Waals surface area (Å²) in [6.45, 7) is 1.08. The fourth-order valence-electron chi connectivity index (χ4n) is 2.97. The quantitative estimate of drug-likeness (QED) is 0.681. The summed E-state index contributed by atoms with van der Waals surface area (Å²) in [4.78, 5) is 14.1. The van der Waals surface area contributed by atoms with Crippen molar-refractivity contribution in [1.82, 2.24) is 0 Å². The van der Waals surface area contributed by atoms with E-state index in [4.69, 9.17) is 9.47 Å². The zero-order valence-corrected chi connectivity index (χ0v) is 16.0. The predicted molar refractivity (Wildman–Crippen MR) is 100 cm³/mol. The van der Waals surface area contributed by atoms with Gasteiger partial charge in [-0.05, 0) is 42.5 Å². The van der Waals surface area contributed by atoms with Gasteiger partial charge in [0.15, 0.2) is 6.61 Å². The van der Waals surface area contributed by atoms with Crippen molar-refractivity contribution in [3.8, 4) is 5.75 Å². The molecular weight excluding hydrogens is 430 g/mol. The fraction of sp³-hybridized carbons (Fsp3) is 0.350. The van der Waals surface area contributed by atoms with Crippen LogP contribution in [0.15, 0.2) is 42.5 Å². The van der Waals surface area contributed by atoms with Crippen LogP contribution in [0, 0.1) is 0 Å². The molecule has 0 unspecified atom stereocenters. The largest absolute Gasteiger partial charge is 0.484 e. The molecular formula is C20H18F6N2O3. The number of hydrogen-bond acceptors (Lipinski definition) is 4. The summed E-state index contributed by atoms with van der Waals surface area (Å²) in [5.41, 5.74) is -1.44. The van der Waals surface area contributed by atoms with Crippen molar-refractivity contribution in [2.24, 2.45) is 0 Å². The van der Waals surface area contributed by atoms with Gasteiger partial charge in [0.2, 0.25) is 0 Å². The molecule has 2 aromatic rings. The number of nitrogens with zero attached hydrogens (tertiary/aromatic N) is 1. The fourth-order valence-corrected chi connectivity index (χ4v) is 2.97. The number of amides is 1. The van der Waals surface area contributed by atoms with E-state index in [1.165, 1.54) is 6.07 Å². The van der Waals surface area contributed by atoms with Gasteiger partial charge in [0.25, 0.3) is 5.91 Å². The molecule has 1 N–H and O–H groups in total. The molecule has 1 amide bonds. The van der Waals surface area contributed by atoms with E-state index in [-0.39, 0.29) is 11.4 Å². The molecule has 31 heavy (non-hydrogen) atoms. The summed E-state index contributed by atoms with van der Waals surface area (Å²) < 4.78 is 87.5. The molecule has 1 saturated heterocycles. The highest BCUT2D eigenvalue weighted by Crippen LogP contribution is 2.36. The Morgan fingerprint density at radius 3 is 2.10 bits per heavy atom. The number of ether oxygens (including phenoxy) is 2. The first-order chi connectivity index (χ1) is 14.5. The SMILES string of the molecule is O=C(COc1ccc(C(F)(F)F)cc1)Nc1cc(C(F)(F)F)ccc1N1CCOCC1. The number of halogens is 6. The van der Waals surface area contributed by atoms with E-state index >= 15 is 0 Å². The van der Waals surface area contributed by atoms with E-state index in [0.29, 0.717) is 32.0 Å². The first-order valence-corrected chi connectivity index (χ1v) is 9.18. The standard InChI is InChI=1S/C20H18F6N2O3/c21-19(22,23)13-1-4-15(5-2-13)31-12-18(29)27-16-11-14(20(24,25)26)3-6-17(16)28-7-9-30-10-8-28/h1-6,11H,7-10,12H2,(H,27,29). The Labute approximate surface area is 173 Å². The second kappa shape index (κ2) is 9.04. The lowest BCUT2D eigenvalue weighted by Crippen LogP contribution is -2.37. The van der Waals surface area contributed by atoms with Crippen LogP contribution in [0.3, 0.4) is 0 Å². The van der Waals surface area contributed by atoms with Crippen LogP contribution in [-0.4, -0.2) is 38.8 Å². The summed E-state index contributed by atoms with van der Waals surface area (Å²) in [7, 11) is 0. The van der Waals surface area contributed by atoms with Crippen molar-refractivity contribution in [3.63, 3.8) is 0 Å². The molecule has 3 rings (SSSR count). The Morgan fingerprint density at radius 1 is 0.935 bits per heavy atom. The van der Waals surface area contributed by atoms with Crippen molar-refractivity contribution < 1.29 is 40.6 Å². The van der Waals surface area contributed by atoms with Crippen LogP contribution in [0.4, 0.5) is 37.7 Å². The summed E-state index contributed by atoms with van der Waals surface area (Å²) in [6.07, 6.45) is -9.10. The first-order valence-electron chi connectivity index (χ1n) is 9.18. The van der Waals surface area contributed by atoms with Gasteiger partial charge in [0.05, 0.1) is 35.7 Å². The average Bonchev–Trinajstić information content (AvgIpc) is 2.72. The molecule has 1 fully saturated rings. The number of morpholine rings is 1. The number of hydrogen-bond donors (Lipinski definition) is 1. The minimum atomic E-state index is -4.60. The molecule has 168 valence electrons. The normalized spacial score (nSPS) is 15.0. The van der Waals surface area contributed by atoms with E-state index in [1.54, 1.807) is 4.90 Å². The summed E-state index contributed by atoms with van der Waals surface area (Å²) >= 11 is 0. The molecule has 2 aromatic carbocycles. The molecule has 5 nitrogen and oxygen atoms in total. The van der Waals surface area contributed by atoms with Crippen LogP contribution in [0.2, 0.25) is 0 Å². The Hall–Kier alpha value is -2.95. The van der Waals surface area contributed by atoms with Gasteiger partial charge < -0.3 is 19.7 Å². The van der Waals surface area contributed by atoms with Crippen LogP contribution >= 0.6 is 0 Å². The van der Waals surface area contributed by atoms with Gasteiger partial charge in [-0.15, -0.1) is 0 Å². The monoisotopic (exact) mass is 448 g/mol. The highest BCUT2D eigenvalue weighted by atomic mass is 19.4. The maximum atomic E-state index is 13.1. The second-order valence-electron chi connectivity index (χ2n) is 6.69. The van der Waals surface area contributed by atoms with Crippen molar-refractivity contribution >= 4 is 17.3 Å². The van der Waals surface area contributed by atoms with Crippen LogP contribution in [0.25, 0.3) is 0 Å². The summed E-state index contributed by atoms with van der Waals surface area (Å²) in [5.74, 6) is -0.741. The topological polar surface area (TPSA) is 50.8 Å². The molecule has 0 atom stereocenters. The summed E-state index contributed by atoms with van der Waals surface area (Å²) in [6, 6.07) is 6.76. The molecule has 11 heteroatoms. The molecule has 0 aliphatic carbocycles. The van der Waals surface area contributed by atoms with Crippen LogP contribution in [-0.2, 0) is 21.9 Å². The zero-order chi connectivity index (χ0) is 22.6. The first kappa shape index (κ1) is 22.7.